The number of hydrogen-bond donors (Lipinski definition) is 0. The van der Waals surface area contributed by atoms with Gasteiger partial charge in [-0.2, -0.15) is 0 Å². The number of halogens is 2. The molecule has 2 aromatic carbocycles. The number of benzene rings is 2. The molecule has 6 nitrogen and oxygen atoms in total. The van der Waals surface area contributed by atoms with E-state index in [1.165, 1.54) is 18.2 Å². The van der Waals surface area contributed by atoms with E-state index in [1.54, 1.807) is 34.0 Å². The van der Waals surface area contributed by atoms with E-state index in [0.29, 0.717) is 43.9 Å². The molecule has 1 amide bonds. The largest absolute Gasteiger partial charge is 0.378 e. The van der Waals surface area contributed by atoms with Crippen LogP contribution in [0.4, 0.5) is 8.78 Å². The van der Waals surface area contributed by atoms with Crippen molar-refractivity contribution in [1.82, 2.24) is 19.3 Å². The number of hydrogen-bond acceptors (Lipinski definition) is 4. The summed E-state index contributed by atoms with van der Waals surface area (Å²) in [5.74, 6) is -1.51. The van der Waals surface area contributed by atoms with Crippen molar-refractivity contribution in [3.05, 3.63) is 102 Å². The summed E-state index contributed by atoms with van der Waals surface area (Å²) in [5, 5.41) is 1.03. The lowest BCUT2D eigenvalue weighted by molar-refractivity contribution is 0.0300. The van der Waals surface area contributed by atoms with Crippen molar-refractivity contribution in [2.24, 2.45) is 0 Å². The Morgan fingerprint density at radius 2 is 1.78 bits per heavy atom. The first kappa shape index (κ1) is 22.3. The van der Waals surface area contributed by atoms with Gasteiger partial charge in [-0.1, -0.05) is 18.2 Å². The Balaban J connectivity index is 1.33. The zero-order valence-electron chi connectivity index (χ0n) is 19.3. The first-order valence-corrected chi connectivity index (χ1v) is 11.7. The summed E-state index contributed by atoms with van der Waals surface area (Å²) in [7, 11) is 0. The highest BCUT2D eigenvalue weighted by Crippen LogP contribution is 2.27. The number of nitrogens with zero attached hydrogens (tertiary/aromatic N) is 4. The lowest BCUT2D eigenvalue weighted by Gasteiger charge is -2.27. The van der Waals surface area contributed by atoms with Gasteiger partial charge in [-0.25, -0.2) is 13.8 Å². The summed E-state index contributed by atoms with van der Waals surface area (Å²) in [4.78, 5) is 22.9. The Bertz CT molecular complexity index is 1610. The zero-order chi connectivity index (χ0) is 24.6. The van der Waals surface area contributed by atoms with Gasteiger partial charge in [0.05, 0.1) is 24.3 Å². The van der Waals surface area contributed by atoms with Gasteiger partial charge < -0.3 is 14.0 Å². The van der Waals surface area contributed by atoms with E-state index in [4.69, 9.17) is 4.74 Å². The average Bonchev–Trinajstić information content (AvgIpc) is 3.31. The molecule has 3 aromatic heterocycles. The topological polar surface area (TPSA) is 59.7 Å². The smallest absolute Gasteiger partial charge is 0.256 e. The molecular formula is C28H22F2N4O2. The van der Waals surface area contributed by atoms with Crippen molar-refractivity contribution in [2.45, 2.75) is 6.42 Å². The third-order valence-electron chi connectivity index (χ3n) is 6.52. The van der Waals surface area contributed by atoms with Crippen LogP contribution in [0, 0.1) is 11.6 Å². The van der Waals surface area contributed by atoms with E-state index in [0.717, 1.165) is 22.2 Å². The van der Waals surface area contributed by atoms with Crippen LogP contribution in [0.15, 0.2) is 73.2 Å². The van der Waals surface area contributed by atoms with Gasteiger partial charge in [-0.3, -0.25) is 9.78 Å². The van der Waals surface area contributed by atoms with Crippen molar-refractivity contribution < 1.29 is 18.3 Å². The number of ether oxygens (including phenoxy) is 1. The normalized spacial score (nSPS) is 14.0. The Morgan fingerprint density at radius 3 is 2.61 bits per heavy atom. The van der Waals surface area contributed by atoms with Gasteiger partial charge in [-0.05, 0) is 47.5 Å². The number of morpholine rings is 1. The number of aromatic nitrogens is 3. The van der Waals surface area contributed by atoms with Gasteiger partial charge in [0.15, 0.2) is 11.5 Å². The van der Waals surface area contributed by atoms with Crippen molar-refractivity contribution in [2.75, 3.05) is 26.3 Å². The highest BCUT2D eigenvalue weighted by Gasteiger charge is 2.22. The minimum atomic E-state index is -0.639. The predicted molar refractivity (Wildman–Crippen MR) is 132 cm³/mol. The fourth-order valence-electron chi connectivity index (χ4n) is 4.63. The van der Waals surface area contributed by atoms with Crippen LogP contribution in [-0.2, 0) is 11.2 Å². The summed E-state index contributed by atoms with van der Waals surface area (Å²) in [6.07, 6.45) is 5.70. The van der Waals surface area contributed by atoms with Gasteiger partial charge in [-0.15, -0.1) is 0 Å². The van der Waals surface area contributed by atoms with Crippen molar-refractivity contribution in [3.63, 3.8) is 0 Å². The number of amides is 1. The first-order valence-electron chi connectivity index (χ1n) is 11.7. The molecule has 1 saturated heterocycles. The van der Waals surface area contributed by atoms with Crippen LogP contribution in [0.25, 0.3) is 27.7 Å². The Kier molecular flexibility index (Phi) is 5.65. The number of fused-ring (bicyclic) bond motifs is 2. The Labute approximate surface area is 205 Å². The van der Waals surface area contributed by atoms with Crippen LogP contribution < -0.4 is 0 Å². The highest BCUT2D eigenvalue weighted by molar-refractivity contribution is 5.95. The second kappa shape index (κ2) is 9.13. The Hall–Kier alpha value is -4.17. The predicted octanol–water partition coefficient (Wildman–Crippen LogP) is 4.89. The van der Waals surface area contributed by atoms with Crippen molar-refractivity contribution >= 4 is 22.5 Å². The molecule has 0 N–H and O–H groups in total. The molecule has 180 valence electrons. The first-order chi connectivity index (χ1) is 17.6. The van der Waals surface area contributed by atoms with E-state index in [9.17, 15) is 13.6 Å². The lowest BCUT2D eigenvalue weighted by Crippen LogP contribution is -2.41. The summed E-state index contributed by atoms with van der Waals surface area (Å²) < 4.78 is 36.9. The van der Waals surface area contributed by atoms with Crippen LogP contribution in [0.3, 0.4) is 0 Å². The molecule has 0 unspecified atom stereocenters. The van der Waals surface area contributed by atoms with E-state index in [1.807, 2.05) is 24.3 Å². The molecule has 1 aliphatic rings. The van der Waals surface area contributed by atoms with E-state index < -0.39 is 11.6 Å². The van der Waals surface area contributed by atoms with E-state index >= 15 is 0 Å². The number of rotatable bonds is 4. The highest BCUT2D eigenvalue weighted by atomic mass is 19.1. The van der Waals surface area contributed by atoms with Crippen LogP contribution >= 0.6 is 0 Å². The average molecular weight is 485 g/mol. The zero-order valence-corrected chi connectivity index (χ0v) is 19.3. The molecule has 5 aromatic rings. The van der Waals surface area contributed by atoms with Gasteiger partial charge in [0.2, 0.25) is 0 Å². The minimum Gasteiger partial charge on any atom is -0.378 e. The summed E-state index contributed by atoms with van der Waals surface area (Å²) in [5.41, 5.74) is 3.92. The standard InChI is InChI=1S/C28H22F2N4O2/c29-24-14-19(4-5-23(24)28(35)33-8-10-36-11-9-33)21-15-25(30)27-32-16-22(34(27)17-21)13-18-3-6-26-20(12-18)2-1-7-31-26/h1-7,12,14-17H,8-11,13H2. The number of carbonyl (C=O) groups is 1. The maximum Gasteiger partial charge on any atom is 0.256 e. The molecule has 0 radical (unpaired) electrons. The molecule has 0 bridgehead atoms. The fraction of sp³-hybridized carbons (Fsp3) is 0.179. The number of pyridine rings is 2. The third kappa shape index (κ3) is 4.09. The second-order valence-corrected chi connectivity index (χ2v) is 8.83. The maximum atomic E-state index is 15.0. The quantitative estimate of drug-likeness (QED) is 0.365. The Morgan fingerprint density at radius 1 is 0.944 bits per heavy atom. The minimum absolute atomic E-state index is 0.00341. The van der Waals surface area contributed by atoms with Gasteiger partial charge in [0.1, 0.15) is 5.82 Å². The maximum absolute atomic E-state index is 15.0. The molecule has 0 atom stereocenters. The van der Waals surface area contributed by atoms with Crippen LogP contribution in [0.2, 0.25) is 0 Å². The molecule has 0 spiro atoms. The molecule has 4 heterocycles. The SMILES string of the molecule is O=C(c1ccc(-c2cc(F)c3ncc(Cc4ccc5ncccc5c4)n3c2)cc1F)N1CCOCC1. The lowest BCUT2D eigenvalue weighted by atomic mass is 10.0. The molecule has 6 rings (SSSR count). The molecule has 0 saturated carbocycles. The molecule has 8 heteroatoms. The van der Waals surface area contributed by atoms with Gasteiger partial charge in [0, 0.05) is 54.7 Å². The third-order valence-corrected chi connectivity index (χ3v) is 6.52. The molecule has 36 heavy (non-hydrogen) atoms. The molecule has 0 aliphatic carbocycles. The number of carbonyl (C=O) groups excluding carboxylic acids is 1. The molecule has 1 fully saturated rings. The number of imidazole rings is 1. The van der Waals surface area contributed by atoms with Crippen molar-refractivity contribution in [3.8, 4) is 11.1 Å². The second-order valence-electron chi connectivity index (χ2n) is 8.83. The summed E-state index contributed by atoms with van der Waals surface area (Å²) >= 11 is 0. The summed E-state index contributed by atoms with van der Waals surface area (Å²) in [6, 6.07) is 15.6. The van der Waals surface area contributed by atoms with Crippen molar-refractivity contribution in [1.29, 1.82) is 0 Å². The molecule has 1 aliphatic heterocycles. The van der Waals surface area contributed by atoms with Crippen LogP contribution in [0.1, 0.15) is 21.6 Å². The van der Waals surface area contributed by atoms with E-state index in [-0.39, 0.29) is 17.1 Å². The van der Waals surface area contributed by atoms with E-state index in [2.05, 4.69) is 16.0 Å². The van der Waals surface area contributed by atoms with Crippen LogP contribution in [0.5, 0.6) is 0 Å². The monoisotopic (exact) mass is 484 g/mol. The fourth-order valence-corrected chi connectivity index (χ4v) is 4.63. The molecular weight excluding hydrogens is 462 g/mol. The van der Waals surface area contributed by atoms with Gasteiger partial charge in [0.25, 0.3) is 5.91 Å². The summed E-state index contributed by atoms with van der Waals surface area (Å²) in [6.45, 7) is 1.74. The van der Waals surface area contributed by atoms with Gasteiger partial charge >= 0.3 is 0 Å². The van der Waals surface area contributed by atoms with Crippen LogP contribution in [-0.4, -0.2) is 51.5 Å².